The summed E-state index contributed by atoms with van der Waals surface area (Å²) < 4.78 is 21.4. The van der Waals surface area contributed by atoms with Crippen LogP contribution in [0.15, 0.2) is 24.3 Å². The highest BCUT2D eigenvalue weighted by Crippen LogP contribution is 2.31. The summed E-state index contributed by atoms with van der Waals surface area (Å²) in [4.78, 5) is 158. The number of unbranched alkanes of at least 4 members (excludes halogenated alkanes) is 12. The zero-order valence-electron chi connectivity index (χ0n) is 55.2. The normalized spacial score (nSPS) is 15.0. The summed E-state index contributed by atoms with van der Waals surface area (Å²) >= 11 is 0. The van der Waals surface area contributed by atoms with Crippen LogP contribution in [0.25, 0.3) is 0 Å². The minimum Gasteiger partial charge on any atom is -0.508 e. The summed E-state index contributed by atoms with van der Waals surface area (Å²) in [5, 5.41) is 58.9. The van der Waals surface area contributed by atoms with Gasteiger partial charge in [-0.05, 0) is 56.2 Å². The van der Waals surface area contributed by atoms with Gasteiger partial charge in [0.25, 0.3) is 0 Å². The summed E-state index contributed by atoms with van der Waals surface area (Å²) in [5.74, 6) is -11.3. The third kappa shape index (κ3) is 46.1. The number of Topliss-reactive ketones (excluding diaryl/α,β-unsaturated/α-hetero) is 3. The molecule has 3 unspecified atom stereocenters. The van der Waals surface area contributed by atoms with Crippen LogP contribution in [0, 0.1) is 17.8 Å². The van der Waals surface area contributed by atoms with E-state index in [2.05, 4.69) is 33.5 Å². The topological polar surface area (TPSA) is 446 Å². The van der Waals surface area contributed by atoms with Crippen molar-refractivity contribution in [3.8, 4) is 5.75 Å². The first-order valence-electron chi connectivity index (χ1n) is 33.0. The Kier molecular flexibility index (Phi) is 49.4. The Morgan fingerprint density at radius 3 is 1.54 bits per heavy atom. The molecule has 0 aromatic heterocycles. The number of amides is 6. The number of rotatable bonds is 55. The molecule has 1 aliphatic rings. The first kappa shape index (κ1) is 86.3. The number of nitrogens with one attached hydrogen (secondary N) is 5. The summed E-state index contributed by atoms with van der Waals surface area (Å²) in [5.41, 5.74) is 6.31. The molecule has 95 heavy (non-hydrogen) atoms. The van der Waals surface area contributed by atoms with Crippen molar-refractivity contribution in [3.63, 3.8) is 0 Å². The van der Waals surface area contributed by atoms with Crippen molar-refractivity contribution >= 4 is 98.3 Å². The monoisotopic (exact) mass is 1390 g/mol. The zero-order valence-corrected chi connectivity index (χ0v) is 56.8. The molecule has 0 radical (unpaired) electrons. The molecule has 1 saturated heterocycles. The molecule has 6 amide bonds. The maximum Gasteiger partial charge on any atom is 0.326 e. The van der Waals surface area contributed by atoms with E-state index < -0.39 is 108 Å². The van der Waals surface area contributed by atoms with Crippen molar-refractivity contribution in [2.75, 3.05) is 77.5 Å². The lowest BCUT2D eigenvalue weighted by atomic mass is 9.87. The van der Waals surface area contributed by atoms with Crippen molar-refractivity contribution < 1.29 is 108 Å². The SMILES string of the molecule is CCCCCC(=O)CC(CCC(=O)NC(CCC(=O)NC(CCC(=O)NCCOCCOCC(=O)NCCOCCOCC(=O)N[C@H]1CSSC[C@@H](C(=O)C[C@@H](Cc2ccc(O)cc2)C(N)=O)CC1=O)C(=O)O)C(=O)O)C(=O)O.CCCCCCCCCCCCCC(=O)O.[HH]. The maximum atomic E-state index is 13.2. The zero-order chi connectivity index (χ0) is 70.6. The van der Waals surface area contributed by atoms with Crippen molar-refractivity contribution in [3.05, 3.63) is 29.8 Å². The number of carbonyl (C=O) groups is 13. The van der Waals surface area contributed by atoms with Crippen molar-refractivity contribution in [2.24, 2.45) is 23.5 Å². The van der Waals surface area contributed by atoms with Gasteiger partial charge in [0.1, 0.15) is 42.6 Å². The number of ether oxygens (including phenoxy) is 4. The lowest BCUT2D eigenvalue weighted by molar-refractivity contribution is -0.145. The molecule has 30 heteroatoms. The summed E-state index contributed by atoms with van der Waals surface area (Å²) in [6, 6.07) is 2.35. The average molecular weight is 1390 g/mol. The van der Waals surface area contributed by atoms with Crippen LogP contribution in [-0.4, -0.2) is 198 Å². The number of hydrogen-bond donors (Lipinski definition) is 11. The molecular formula is C65H106N6O22S2. The number of nitrogens with two attached hydrogens (primary N) is 1. The number of hydrogen-bond acceptors (Lipinski definition) is 20. The molecule has 1 aliphatic heterocycles. The Morgan fingerprint density at radius 1 is 0.537 bits per heavy atom. The molecule has 0 aliphatic carbocycles. The molecular weight excluding hydrogens is 1280 g/mol. The number of carbonyl (C=O) groups excluding carboxylic acids is 9. The number of primary amides is 1. The van der Waals surface area contributed by atoms with E-state index in [0.717, 1.165) is 31.2 Å². The van der Waals surface area contributed by atoms with E-state index in [0.29, 0.717) is 24.3 Å². The number of ketones is 3. The van der Waals surface area contributed by atoms with Gasteiger partial charge in [0.2, 0.25) is 35.4 Å². The minimum absolute atomic E-state index is 0. The largest absolute Gasteiger partial charge is 0.508 e. The molecule has 1 heterocycles. The third-order valence-electron chi connectivity index (χ3n) is 15.0. The van der Waals surface area contributed by atoms with Crippen molar-refractivity contribution in [1.29, 1.82) is 0 Å². The van der Waals surface area contributed by atoms with Gasteiger partial charge in [-0.1, -0.05) is 125 Å². The van der Waals surface area contributed by atoms with E-state index in [1.165, 1.54) is 91.5 Å². The molecule has 0 saturated carbocycles. The van der Waals surface area contributed by atoms with E-state index in [1.54, 1.807) is 12.1 Å². The minimum atomic E-state index is -1.55. The first-order chi connectivity index (χ1) is 45.4. The van der Waals surface area contributed by atoms with Crippen LogP contribution >= 0.6 is 21.6 Å². The van der Waals surface area contributed by atoms with Crippen LogP contribution < -0.4 is 32.3 Å². The Balaban J connectivity index is 0.00000465. The Morgan fingerprint density at radius 2 is 1.01 bits per heavy atom. The number of phenolic OH excluding ortho intramolecular Hbond substituents is 1. The van der Waals surface area contributed by atoms with Gasteiger partial charge in [0, 0.05) is 89.2 Å². The molecule has 28 nitrogen and oxygen atoms in total. The van der Waals surface area contributed by atoms with Gasteiger partial charge < -0.3 is 76.8 Å². The molecule has 2 rings (SSSR count). The van der Waals surface area contributed by atoms with Crippen LogP contribution in [0.5, 0.6) is 5.75 Å². The van der Waals surface area contributed by atoms with Gasteiger partial charge >= 0.3 is 23.9 Å². The number of carboxylic acid groups (broad SMARTS) is 4. The Hall–Kier alpha value is -6.73. The fourth-order valence-electron chi connectivity index (χ4n) is 9.49. The maximum absolute atomic E-state index is 13.2. The highest BCUT2D eigenvalue weighted by atomic mass is 33.1. The number of phenols is 1. The van der Waals surface area contributed by atoms with Gasteiger partial charge in [-0.3, -0.25) is 52.7 Å². The van der Waals surface area contributed by atoms with E-state index in [4.69, 9.17) is 29.8 Å². The fourth-order valence-corrected chi connectivity index (χ4v) is 12.0. The van der Waals surface area contributed by atoms with Gasteiger partial charge in [-0.25, -0.2) is 9.59 Å². The molecule has 6 atom stereocenters. The van der Waals surface area contributed by atoms with Crippen LogP contribution in [0.4, 0.5) is 0 Å². The number of carboxylic acids is 4. The Bertz CT molecular complexity index is 2500. The number of aromatic hydroxyl groups is 1. The van der Waals surface area contributed by atoms with E-state index in [9.17, 15) is 82.8 Å². The van der Waals surface area contributed by atoms with Crippen LogP contribution in [-0.2, 0) is 87.7 Å². The fraction of sp³-hybridized carbons (Fsp3) is 0.708. The van der Waals surface area contributed by atoms with Gasteiger partial charge in [-0.2, -0.15) is 0 Å². The number of aliphatic carboxylic acids is 4. The summed E-state index contributed by atoms with van der Waals surface area (Å²) in [6.07, 6.45) is 14.5. The highest BCUT2D eigenvalue weighted by Gasteiger charge is 2.33. The van der Waals surface area contributed by atoms with Crippen molar-refractivity contribution in [1.82, 2.24) is 26.6 Å². The van der Waals surface area contributed by atoms with E-state index in [-0.39, 0.29) is 148 Å². The molecule has 1 aromatic rings. The molecule has 12 N–H and O–H groups in total. The van der Waals surface area contributed by atoms with Crippen molar-refractivity contribution in [2.45, 2.75) is 199 Å². The molecule has 0 spiro atoms. The highest BCUT2D eigenvalue weighted by molar-refractivity contribution is 8.76. The van der Waals surface area contributed by atoms with E-state index in [1.807, 2.05) is 6.92 Å². The van der Waals surface area contributed by atoms with Crippen LogP contribution in [0.1, 0.15) is 181 Å². The predicted octanol–water partition coefficient (Wildman–Crippen LogP) is 5.49. The second-order valence-corrected chi connectivity index (χ2v) is 25.7. The summed E-state index contributed by atoms with van der Waals surface area (Å²) in [7, 11) is 2.74. The lowest BCUT2D eigenvalue weighted by Crippen LogP contribution is -2.46. The molecule has 1 fully saturated rings. The predicted molar refractivity (Wildman–Crippen MR) is 356 cm³/mol. The standard InChI is InChI=1S/C51H76N6O20S2.C14H28O2.H2/c1-2-3-4-5-37(59)25-33(49(68)69)8-13-44(63)55-39(51(72)73)12-15-45(64)56-38(50(70)71)11-14-43(62)53-16-18-74-20-22-76-28-46(65)54-17-19-75-21-23-77-29-47(66)57-40-31-79-78-30-35(27-42(40)61)41(60)26-34(48(52)67)24-32-6-9-36(58)10-7-32;1-2-3-4-5-6-7-8-9-10-11-12-13-14(15)16;/h6-7,9-10,33-35,38-40,58H,2-5,8,11-31H2,1H3,(H2,52,67)(H,53,62)(H,54,65)(H,55,63)(H,56,64)(H,57,66)(H,68,69)(H,70,71)(H,72,73);2-13H2,1H3,(H,15,16);1H/t33?,34-,35+,38?,39?,40+;;/m1../s1. The van der Waals surface area contributed by atoms with Gasteiger partial charge in [0.05, 0.1) is 51.6 Å². The second kappa shape index (κ2) is 54.4. The molecule has 0 bridgehead atoms. The van der Waals surface area contributed by atoms with E-state index >= 15 is 0 Å². The second-order valence-electron chi connectivity index (χ2n) is 23.2. The Labute approximate surface area is 566 Å². The quantitative estimate of drug-likeness (QED) is 0.0284. The molecule has 540 valence electrons. The van der Waals surface area contributed by atoms with Gasteiger partial charge in [0.15, 0.2) is 5.78 Å². The summed E-state index contributed by atoms with van der Waals surface area (Å²) in [6.45, 7) is 4.27. The van der Waals surface area contributed by atoms with Gasteiger partial charge in [-0.15, -0.1) is 0 Å². The average Bonchev–Trinajstić information content (AvgIpc) is 0.956. The van der Waals surface area contributed by atoms with Crippen LogP contribution in [0.3, 0.4) is 0 Å². The number of benzene rings is 1. The first-order valence-corrected chi connectivity index (χ1v) is 35.5. The molecule has 1 aromatic carbocycles. The smallest absolute Gasteiger partial charge is 0.326 e. The van der Waals surface area contributed by atoms with Crippen LogP contribution in [0.2, 0.25) is 0 Å². The lowest BCUT2D eigenvalue weighted by Gasteiger charge is -2.24. The third-order valence-corrected chi connectivity index (χ3v) is 17.5.